The molecule has 1 unspecified atom stereocenters. The van der Waals surface area contributed by atoms with E-state index in [-0.39, 0.29) is 31.1 Å². The second-order valence-corrected chi connectivity index (χ2v) is 11.0. The first-order valence-electron chi connectivity index (χ1n) is 15.9. The second kappa shape index (κ2) is 27.0. The van der Waals surface area contributed by atoms with Gasteiger partial charge in [0.15, 0.2) is 6.10 Å². The van der Waals surface area contributed by atoms with Crippen molar-refractivity contribution < 1.29 is 28.6 Å². The summed E-state index contributed by atoms with van der Waals surface area (Å²) in [7, 11) is 0. The summed E-state index contributed by atoms with van der Waals surface area (Å²) in [4.78, 5) is 36.7. The van der Waals surface area contributed by atoms with Crippen molar-refractivity contribution in [2.24, 2.45) is 5.92 Å². The van der Waals surface area contributed by atoms with E-state index in [0.717, 1.165) is 76.5 Å². The SMILES string of the molecule is CCCCCCCC(=O)OC[C@H](COC(=O)CCCCCCCCC(C)CC)OC(=O)CCCCCCC. The average Bonchev–Trinajstić information content (AvgIpc) is 2.91. The lowest BCUT2D eigenvalue weighted by molar-refractivity contribution is -0.167. The quantitative estimate of drug-likeness (QED) is 0.0588. The minimum atomic E-state index is -0.753. The van der Waals surface area contributed by atoms with Crippen LogP contribution in [-0.4, -0.2) is 37.2 Å². The lowest BCUT2D eigenvalue weighted by atomic mass is 10.00. The molecule has 0 saturated carbocycles. The first-order valence-corrected chi connectivity index (χ1v) is 15.9. The smallest absolute Gasteiger partial charge is 0.306 e. The summed E-state index contributed by atoms with van der Waals surface area (Å²) >= 11 is 0. The van der Waals surface area contributed by atoms with E-state index >= 15 is 0 Å². The van der Waals surface area contributed by atoms with Gasteiger partial charge in [0.2, 0.25) is 0 Å². The zero-order valence-electron chi connectivity index (χ0n) is 25.4. The molecule has 0 saturated heterocycles. The van der Waals surface area contributed by atoms with Crippen LogP contribution in [0.3, 0.4) is 0 Å². The summed E-state index contributed by atoms with van der Waals surface area (Å²) in [6.45, 7) is 8.73. The van der Waals surface area contributed by atoms with E-state index in [4.69, 9.17) is 14.2 Å². The van der Waals surface area contributed by atoms with Crippen LogP contribution in [-0.2, 0) is 28.6 Å². The van der Waals surface area contributed by atoms with Crippen LogP contribution in [0.2, 0.25) is 0 Å². The highest BCUT2D eigenvalue weighted by Gasteiger charge is 2.19. The number of carbonyl (C=O) groups is 3. The molecule has 0 heterocycles. The molecule has 38 heavy (non-hydrogen) atoms. The van der Waals surface area contributed by atoms with Gasteiger partial charge in [0.25, 0.3) is 0 Å². The molecule has 0 aromatic heterocycles. The van der Waals surface area contributed by atoms with Gasteiger partial charge in [-0.05, 0) is 25.2 Å². The second-order valence-electron chi connectivity index (χ2n) is 11.0. The van der Waals surface area contributed by atoms with Gasteiger partial charge < -0.3 is 14.2 Å². The lowest BCUT2D eigenvalue weighted by Gasteiger charge is -2.18. The maximum absolute atomic E-state index is 12.3. The Bertz CT molecular complexity index is 576. The van der Waals surface area contributed by atoms with Crippen LogP contribution in [0.15, 0.2) is 0 Å². The van der Waals surface area contributed by atoms with Crippen molar-refractivity contribution in [3.8, 4) is 0 Å². The number of hydrogen-bond acceptors (Lipinski definition) is 6. The first-order chi connectivity index (χ1) is 18.4. The molecule has 0 aromatic rings. The molecule has 0 aliphatic carbocycles. The summed E-state index contributed by atoms with van der Waals surface area (Å²) in [5.41, 5.74) is 0. The first kappa shape index (κ1) is 36.4. The molecule has 2 atom stereocenters. The normalized spacial score (nSPS) is 12.6. The predicted octanol–water partition coefficient (Wildman–Crippen LogP) is 8.87. The Kier molecular flexibility index (Phi) is 25.9. The third kappa shape index (κ3) is 24.7. The van der Waals surface area contributed by atoms with Crippen LogP contribution < -0.4 is 0 Å². The number of esters is 3. The molecule has 0 aromatic carbocycles. The average molecular weight is 541 g/mol. The Morgan fingerprint density at radius 3 is 1.37 bits per heavy atom. The minimum Gasteiger partial charge on any atom is -0.462 e. The van der Waals surface area contributed by atoms with E-state index in [2.05, 4.69) is 27.7 Å². The van der Waals surface area contributed by atoms with Gasteiger partial charge in [-0.2, -0.15) is 0 Å². The molecule has 0 radical (unpaired) electrons. The van der Waals surface area contributed by atoms with Gasteiger partial charge in [0.1, 0.15) is 13.2 Å². The van der Waals surface area contributed by atoms with Crippen LogP contribution in [0, 0.1) is 5.92 Å². The number of ether oxygens (including phenoxy) is 3. The molecular formula is C32H60O6. The monoisotopic (exact) mass is 540 g/mol. The zero-order valence-corrected chi connectivity index (χ0v) is 25.4. The van der Waals surface area contributed by atoms with Gasteiger partial charge in [0, 0.05) is 19.3 Å². The summed E-state index contributed by atoms with van der Waals surface area (Å²) in [6.07, 6.45) is 20.1. The van der Waals surface area contributed by atoms with E-state index in [1.807, 2.05) is 0 Å². The predicted molar refractivity (Wildman–Crippen MR) is 155 cm³/mol. The Morgan fingerprint density at radius 1 is 0.526 bits per heavy atom. The Labute approximate surface area is 234 Å². The highest BCUT2D eigenvalue weighted by Crippen LogP contribution is 2.15. The molecule has 0 bridgehead atoms. The molecule has 224 valence electrons. The fourth-order valence-corrected chi connectivity index (χ4v) is 4.30. The third-order valence-corrected chi connectivity index (χ3v) is 7.15. The molecule has 0 aliphatic rings. The van der Waals surface area contributed by atoms with Crippen LogP contribution in [0.1, 0.15) is 163 Å². The van der Waals surface area contributed by atoms with Crippen LogP contribution >= 0.6 is 0 Å². The summed E-state index contributed by atoms with van der Waals surface area (Å²) in [6, 6.07) is 0. The number of rotatable bonds is 27. The lowest BCUT2D eigenvalue weighted by Crippen LogP contribution is -2.30. The number of hydrogen-bond donors (Lipinski definition) is 0. The van der Waals surface area contributed by atoms with E-state index in [1.165, 1.54) is 44.9 Å². The van der Waals surface area contributed by atoms with E-state index < -0.39 is 6.10 Å². The number of carbonyl (C=O) groups excluding carboxylic acids is 3. The van der Waals surface area contributed by atoms with Crippen molar-refractivity contribution in [2.75, 3.05) is 13.2 Å². The Balaban J connectivity index is 4.30. The van der Waals surface area contributed by atoms with Crippen molar-refractivity contribution in [1.82, 2.24) is 0 Å². The molecule has 0 spiro atoms. The molecule has 0 N–H and O–H groups in total. The van der Waals surface area contributed by atoms with Crippen LogP contribution in [0.4, 0.5) is 0 Å². The minimum absolute atomic E-state index is 0.0696. The van der Waals surface area contributed by atoms with Gasteiger partial charge in [0.05, 0.1) is 0 Å². The van der Waals surface area contributed by atoms with Crippen molar-refractivity contribution in [3.63, 3.8) is 0 Å². The van der Waals surface area contributed by atoms with Crippen molar-refractivity contribution in [2.45, 2.75) is 169 Å². The summed E-state index contributed by atoms with van der Waals surface area (Å²) in [5.74, 6) is -0.0912. The Hall–Kier alpha value is -1.59. The van der Waals surface area contributed by atoms with Crippen molar-refractivity contribution >= 4 is 17.9 Å². The van der Waals surface area contributed by atoms with Crippen molar-refractivity contribution in [3.05, 3.63) is 0 Å². The maximum atomic E-state index is 12.3. The van der Waals surface area contributed by atoms with E-state index in [1.54, 1.807) is 0 Å². The van der Waals surface area contributed by atoms with Crippen LogP contribution in [0.5, 0.6) is 0 Å². The fourth-order valence-electron chi connectivity index (χ4n) is 4.30. The van der Waals surface area contributed by atoms with Crippen LogP contribution in [0.25, 0.3) is 0 Å². The van der Waals surface area contributed by atoms with E-state index in [9.17, 15) is 14.4 Å². The van der Waals surface area contributed by atoms with Gasteiger partial charge in [-0.25, -0.2) is 0 Å². The van der Waals surface area contributed by atoms with Gasteiger partial charge in [-0.3, -0.25) is 14.4 Å². The summed E-state index contributed by atoms with van der Waals surface area (Å²) in [5, 5.41) is 0. The topological polar surface area (TPSA) is 78.9 Å². The Morgan fingerprint density at radius 2 is 0.921 bits per heavy atom. The number of unbranched alkanes of at least 4 members (excludes halogenated alkanes) is 13. The maximum Gasteiger partial charge on any atom is 0.306 e. The van der Waals surface area contributed by atoms with Gasteiger partial charge >= 0.3 is 17.9 Å². The molecule has 0 amide bonds. The summed E-state index contributed by atoms with van der Waals surface area (Å²) < 4.78 is 16.3. The third-order valence-electron chi connectivity index (χ3n) is 7.15. The largest absolute Gasteiger partial charge is 0.462 e. The van der Waals surface area contributed by atoms with Gasteiger partial charge in [-0.1, -0.05) is 124 Å². The highest BCUT2D eigenvalue weighted by molar-refractivity contribution is 5.71. The molecule has 6 heteroatoms. The zero-order chi connectivity index (χ0) is 28.3. The molecule has 0 fully saturated rings. The fraction of sp³-hybridized carbons (Fsp3) is 0.906. The van der Waals surface area contributed by atoms with Crippen molar-refractivity contribution in [1.29, 1.82) is 0 Å². The highest BCUT2D eigenvalue weighted by atomic mass is 16.6. The molecule has 6 nitrogen and oxygen atoms in total. The van der Waals surface area contributed by atoms with Gasteiger partial charge in [-0.15, -0.1) is 0 Å². The molecular weight excluding hydrogens is 480 g/mol. The molecule has 0 rings (SSSR count). The molecule has 0 aliphatic heterocycles. The van der Waals surface area contributed by atoms with E-state index in [0.29, 0.717) is 19.3 Å². The standard InChI is InChI=1S/C32H60O6/c1-5-8-10-14-19-23-30(33)36-26-29(38-32(35)25-21-15-11-9-6-2)27-37-31(34)24-20-17-13-12-16-18-22-28(4)7-3/h28-29H,5-27H2,1-4H3/t28?,29-/m1/s1.